The van der Waals surface area contributed by atoms with E-state index in [4.69, 9.17) is 10.5 Å². The van der Waals surface area contributed by atoms with Gasteiger partial charge >= 0.3 is 0 Å². The van der Waals surface area contributed by atoms with Crippen LogP contribution in [-0.4, -0.2) is 19.9 Å². The molecule has 0 aliphatic rings. The van der Waals surface area contributed by atoms with Crippen LogP contribution in [0.5, 0.6) is 5.75 Å². The summed E-state index contributed by atoms with van der Waals surface area (Å²) in [5, 5.41) is 0. The van der Waals surface area contributed by atoms with Gasteiger partial charge in [-0.3, -0.25) is 4.79 Å². The van der Waals surface area contributed by atoms with Gasteiger partial charge in [0.25, 0.3) is 0 Å². The third kappa shape index (κ3) is 2.29. The summed E-state index contributed by atoms with van der Waals surface area (Å²) in [5.41, 5.74) is 7.04. The van der Waals surface area contributed by atoms with Gasteiger partial charge in [0.15, 0.2) is 6.29 Å². The zero-order valence-electron chi connectivity index (χ0n) is 7.62. The Hall–Kier alpha value is -1.35. The average molecular weight is 179 g/mol. The first-order valence-corrected chi connectivity index (χ1v) is 4.14. The molecule has 0 heterocycles. The summed E-state index contributed by atoms with van der Waals surface area (Å²) in [5.74, 6) is 0.607. The van der Waals surface area contributed by atoms with E-state index >= 15 is 0 Å². The zero-order chi connectivity index (χ0) is 9.68. The van der Waals surface area contributed by atoms with Crippen molar-refractivity contribution in [1.82, 2.24) is 0 Å². The first-order chi connectivity index (χ1) is 6.31. The molecule has 0 unspecified atom stereocenters. The van der Waals surface area contributed by atoms with E-state index in [1.165, 1.54) is 0 Å². The molecule has 3 heteroatoms. The second-order valence-electron chi connectivity index (χ2n) is 2.73. The van der Waals surface area contributed by atoms with Crippen LogP contribution >= 0.6 is 0 Å². The van der Waals surface area contributed by atoms with Crippen LogP contribution in [0.4, 0.5) is 0 Å². The molecule has 2 N–H and O–H groups in total. The highest BCUT2D eigenvalue weighted by Crippen LogP contribution is 2.17. The summed E-state index contributed by atoms with van der Waals surface area (Å²) in [4.78, 5) is 10.6. The molecule has 0 aromatic heterocycles. The summed E-state index contributed by atoms with van der Waals surface area (Å²) in [6, 6.07) is 5.51. The van der Waals surface area contributed by atoms with Crippen LogP contribution in [0.1, 0.15) is 15.9 Å². The van der Waals surface area contributed by atoms with E-state index < -0.39 is 0 Å². The van der Waals surface area contributed by atoms with Crippen molar-refractivity contribution in [2.45, 2.75) is 6.42 Å². The Balaban J connectivity index is 2.98. The summed E-state index contributed by atoms with van der Waals surface area (Å²) >= 11 is 0. The van der Waals surface area contributed by atoms with Gasteiger partial charge in [-0.2, -0.15) is 0 Å². The van der Waals surface area contributed by atoms with Crippen molar-refractivity contribution in [2.75, 3.05) is 13.7 Å². The van der Waals surface area contributed by atoms with Crippen molar-refractivity contribution in [3.63, 3.8) is 0 Å². The van der Waals surface area contributed by atoms with Gasteiger partial charge in [0.05, 0.1) is 12.7 Å². The normalized spacial score (nSPS) is 9.69. The summed E-state index contributed by atoms with van der Waals surface area (Å²) < 4.78 is 5.01. The number of rotatable bonds is 4. The highest BCUT2D eigenvalue weighted by molar-refractivity contribution is 5.79. The van der Waals surface area contributed by atoms with E-state index in [1.54, 1.807) is 19.2 Å². The number of hydrogen-bond donors (Lipinski definition) is 1. The maximum Gasteiger partial charge on any atom is 0.153 e. The van der Waals surface area contributed by atoms with Crippen molar-refractivity contribution in [3.8, 4) is 5.75 Å². The molecule has 3 nitrogen and oxygen atoms in total. The lowest BCUT2D eigenvalue weighted by atomic mass is 10.1. The molecular weight excluding hydrogens is 166 g/mol. The van der Waals surface area contributed by atoms with Crippen LogP contribution in [0.2, 0.25) is 0 Å². The molecule has 70 valence electrons. The SMILES string of the molecule is COc1ccc(CCN)cc1C=O. The fraction of sp³-hybridized carbons (Fsp3) is 0.300. The second-order valence-corrected chi connectivity index (χ2v) is 2.73. The number of ether oxygens (including phenoxy) is 1. The van der Waals surface area contributed by atoms with E-state index in [1.807, 2.05) is 6.07 Å². The fourth-order valence-corrected chi connectivity index (χ4v) is 1.20. The molecule has 0 amide bonds. The number of aldehydes is 1. The number of carbonyl (C=O) groups is 1. The second kappa shape index (κ2) is 4.62. The highest BCUT2D eigenvalue weighted by atomic mass is 16.5. The van der Waals surface area contributed by atoms with Gasteiger partial charge in [-0.05, 0) is 30.7 Å². The lowest BCUT2D eigenvalue weighted by Crippen LogP contribution is -2.03. The molecule has 0 saturated carbocycles. The third-order valence-corrected chi connectivity index (χ3v) is 1.85. The van der Waals surface area contributed by atoms with Crippen LogP contribution < -0.4 is 10.5 Å². The van der Waals surface area contributed by atoms with Crippen molar-refractivity contribution in [2.24, 2.45) is 5.73 Å². The predicted molar refractivity (Wildman–Crippen MR) is 51.1 cm³/mol. The van der Waals surface area contributed by atoms with Crippen molar-refractivity contribution >= 4 is 6.29 Å². The van der Waals surface area contributed by atoms with E-state index in [2.05, 4.69) is 0 Å². The molecule has 0 aliphatic carbocycles. The Morgan fingerprint density at radius 2 is 2.31 bits per heavy atom. The van der Waals surface area contributed by atoms with Crippen LogP contribution in [0.3, 0.4) is 0 Å². The molecule has 1 aromatic carbocycles. The minimum absolute atomic E-state index is 0.577. The Labute approximate surface area is 77.5 Å². The molecule has 0 spiro atoms. The fourth-order valence-electron chi connectivity index (χ4n) is 1.20. The van der Waals surface area contributed by atoms with Gasteiger partial charge in [-0.15, -0.1) is 0 Å². The van der Waals surface area contributed by atoms with Gasteiger partial charge in [0, 0.05) is 0 Å². The van der Waals surface area contributed by atoms with Crippen LogP contribution in [0.25, 0.3) is 0 Å². The molecule has 1 aromatic rings. The standard InChI is InChI=1S/C10H13NO2/c1-13-10-3-2-8(4-5-11)6-9(10)7-12/h2-3,6-7H,4-5,11H2,1H3. The molecule has 0 aliphatic heterocycles. The van der Waals surface area contributed by atoms with Crippen molar-refractivity contribution in [1.29, 1.82) is 0 Å². The summed E-state index contributed by atoms with van der Waals surface area (Å²) in [6.07, 6.45) is 1.57. The average Bonchev–Trinajstić information content (AvgIpc) is 2.18. The molecule has 0 radical (unpaired) electrons. The topological polar surface area (TPSA) is 52.3 Å². The minimum Gasteiger partial charge on any atom is -0.496 e. The van der Waals surface area contributed by atoms with Gasteiger partial charge in [0.1, 0.15) is 5.75 Å². The largest absolute Gasteiger partial charge is 0.496 e. The van der Waals surface area contributed by atoms with Gasteiger partial charge in [-0.1, -0.05) is 6.07 Å². The van der Waals surface area contributed by atoms with Gasteiger partial charge in [0.2, 0.25) is 0 Å². The quantitative estimate of drug-likeness (QED) is 0.702. The first kappa shape index (κ1) is 9.74. The van der Waals surface area contributed by atoms with Crippen LogP contribution in [0, 0.1) is 0 Å². The van der Waals surface area contributed by atoms with Crippen LogP contribution in [0.15, 0.2) is 18.2 Å². The third-order valence-electron chi connectivity index (χ3n) is 1.85. The van der Waals surface area contributed by atoms with E-state index in [0.29, 0.717) is 17.9 Å². The molecule has 13 heavy (non-hydrogen) atoms. The lowest BCUT2D eigenvalue weighted by Gasteiger charge is -2.05. The summed E-state index contributed by atoms with van der Waals surface area (Å²) in [7, 11) is 1.55. The number of nitrogens with two attached hydrogens (primary N) is 1. The Morgan fingerprint density at radius 1 is 1.54 bits per heavy atom. The first-order valence-electron chi connectivity index (χ1n) is 4.14. The molecule has 0 bridgehead atoms. The van der Waals surface area contributed by atoms with Crippen molar-refractivity contribution in [3.05, 3.63) is 29.3 Å². The van der Waals surface area contributed by atoms with Crippen LogP contribution in [-0.2, 0) is 6.42 Å². The molecule has 1 rings (SSSR count). The monoisotopic (exact) mass is 179 g/mol. The predicted octanol–water partition coefficient (Wildman–Crippen LogP) is 1.01. The molecule has 0 atom stereocenters. The number of benzene rings is 1. The van der Waals surface area contributed by atoms with E-state index in [-0.39, 0.29) is 0 Å². The zero-order valence-corrected chi connectivity index (χ0v) is 7.62. The van der Waals surface area contributed by atoms with Crippen molar-refractivity contribution < 1.29 is 9.53 Å². The smallest absolute Gasteiger partial charge is 0.153 e. The molecule has 0 fully saturated rings. The Kier molecular flexibility index (Phi) is 3.46. The van der Waals surface area contributed by atoms with Gasteiger partial charge in [-0.25, -0.2) is 0 Å². The lowest BCUT2D eigenvalue weighted by molar-refractivity contribution is 0.112. The maximum atomic E-state index is 10.6. The number of methoxy groups -OCH3 is 1. The highest BCUT2D eigenvalue weighted by Gasteiger charge is 2.02. The summed E-state index contributed by atoms with van der Waals surface area (Å²) in [6.45, 7) is 0.588. The Morgan fingerprint density at radius 3 is 2.85 bits per heavy atom. The van der Waals surface area contributed by atoms with E-state index in [0.717, 1.165) is 18.3 Å². The number of carbonyl (C=O) groups excluding carboxylic acids is 1. The molecule has 0 saturated heterocycles. The maximum absolute atomic E-state index is 10.6. The minimum atomic E-state index is 0.577. The Bertz CT molecular complexity index is 297. The van der Waals surface area contributed by atoms with Gasteiger partial charge < -0.3 is 10.5 Å². The van der Waals surface area contributed by atoms with E-state index in [9.17, 15) is 4.79 Å². The molecular formula is C10H13NO2. The number of hydrogen-bond acceptors (Lipinski definition) is 3.